The van der Waals surface area contributed by atoms with Gasteiger partial charge in [0.05, 0.1) is 46.0 Å². The van der Waals surface area contributed by atoms with Gasteiger partial charge in [-0.25, -0.2) is 9.79 Å². The van der Waals surface area contributed by atoms with Crippen molar-refractivity contribution >= 4 is 29.1 Å². The highest BCUT2D eigenvalue weighted by molar-refractivity contribution is 7.07. The van der Waals surface area contributed by atoms with Gasteiger partial charge in [-0.2, -0.15) is 0 Å². The lowest BCUT2D eigenvalue weighted by molar-refractivity contribution is -0.385. The Labute approximate surface area is 263 Å². The van der Waals surface area contributed by atoms with E-state index in [4.69, 9.17) is 14.2 Å². The average molecular weight is 628 g/mol. The van der Waals surface area contributed by atoms with E-state index in [0.29, 0.717) is 34.2 Å². The maximum Gasteiger partial charge on any atom is 0.338 e. The first-order valence-electron chi connectivity index (χ1n) is 14.6. The van der Waals surface area contributed by atoms with E-state index in [0.717, 1.165) is 36.2 Å². The maximum atomic E-state index is 14.0. The van der Waals surface area contributed by atoms with Gasteiger partial charge in [0, 0.05) is 6.07 Å². The summed E-state index contributed by atoms with van der Waals surface area (Å²) in [5.74, 6) is 0.393. The summed E-state index contributed by atoms with van der Waals surface area (Å²) in [6.07, 6.45) is 4.49. The quantitative estimate of drug-likeness (QED) is 0.0884. The zero-order chi connectivity index (χ0) is 31.9. The van der Waals surface area contributed by atoms with Crippen molar-refractivity contribution in [2.45, 2.75) is 45.8 Å². The smallest absolute Gasteiger partial charge is 0.338 e. The van der Waals surface area contributed by atoms with Gasteiger partial charge in [-0.15, -0.1) is 0 Å². The molecule has 0 N–H and O–H groups in total. The van der Waals surface area contributed by atoms with Crippen molar-refractivity contribution in [1.29, 1.82) is 0 Å². The Morgan fingerprint density at radius 2 is 1.82 bits per heavy atom. The van der Waals surface area contributed by atoms with Gasteiger partial charge in [-0.1, -0.05) is 79.6 Å². The van der Waals surface area contributed by atoms with Crippen LogP contribution in [-0.2, 0) is 16.1 Å². The normalized spacial score (nSPS) is 14.5. The summed E-state index contributed by atoms with van der Waals surface area (Å²) in [6, 6.07) is 19.9. The van der Waals surface area contributed by atoms with E-state index in [1.807, 2.05) is 30.3 Å². The first-order valence-corrected chi connectivity index (χ1v) is 15.4. The maximum absolute atomic E-state index is 14.0. The lowest BCUT2D eigenvalue weighted by atomic mass is 9.95. The number of carbonyl (C=O) groups is 1. The van der Waals surface area contributed by atoms with Gasteiger partial charge in [-0.05, 0) is 48.7 Å². The van der Waals surface area contributed by atoms with Gasteiger partial charge in [0.15, 0.2) is 16.3 Å². The molecule has 0 fully saturated rings. The average Bonchev–Trinajstić information content (AvgIpc) is 3.35. The summed E-state index contributed by atoms with van der Waals surface area (Å²) in [6.45, 7) is 4.39. The number of para-hydroxylation sites is 1. The topological polar surface area (TPSA) is 122 Å². The minimum absolute atomic E-state index is 0.0408. The Morgan fingerprint density at radius 3 is 2.56 bits per heavy atom. The van der Waals surface area contributed by atoms with E-state index in [-0.39, 0.29) is 28.0 Å². The van der Waals surface area contributed by atoms with E-state index < -0.39 is 22.5 Å². The second kappa shape index (κ2) is 14.2. The van der Waals surface area contributed by atoms with Crippen molar-refractivity contribution in [3.05, 3.63) is 131 Å². The number of rotatable bonds is 12. The fourth-order valence-corrected chi connectivity index (χ4v) is 6.16. The van der Waals surface area contributed by atoms with E-state index in [2.05, 4.69) is 11.9 Å². The van der Waals surface area contributed by atoms with E-state index in [1.54, 1.807) is 43.3 Å². The molecule has 0 saturated heterocycles. The molecule has 1 aliphatic heterocycles. The number of allylic oxidation sites excluding steroid dienone is 1. The van der Waals surface area contributed by atoms with Gasteiger partial charge in [0.2, 0.25) is 0 Å². The number of nitro benzene ring substituents is 1. The summed E-state index contributed by atoms with van der Waals surface area (Å²) in [7, 11) is 1.53. The molecular formula is C34H33N3O7S. The summed E-state index contributed by atoms with van der Waals surface area (Å²) in [5.41, 5.74) is 1.72. The lowest BCUT2D eigenvalue weighted by Gasteiger charge is -2.25. The van der Waals surface area contributed by atoms with E-state index >= 15 is 0 Å². The molecule has 5 rings (SSSR count). The fraction of sp³-hybridized carbons (Fsp3) is 0.265. The summed E-state index contributed by atoms with van der Waals surface area (Å²) in [5, 5.41) is 11.6. The number of esters is 1. The lowest BCUT2D eigenvalue weighted by Crippen LogP contribution is -2.40. The van der Waals surface area contributed by atoms with Gasteiger partial charge in [0.25, 0.3) is 11.2 Å². The molecule has 0 saturated carbocycles. The summed E-state index contributed by atoms with van der Waals surface area (Å²) in [4.78, 5) is 43.9. The molecule has 0 radical (unpaired) electrons. The third-order valence-corrected chi connectivity index (χ3v) is 8.37. The number of aromatic nitrogens is 1. The third-order valence-electron chi connectivity index (χ3n) is 7.38. The molecule has 0 bridgehead atoms. The molecule has 0 amide bonds. The highest BCUT2D eigenvalue weighted by Gasteiger charge is 2.34. The molecule has 0 aliphatic carbocycles. The summed E-state index contributed by atoms with van der Waals surface area (Å²) < 4.78 is 19.1. The number of hydrogen-bond donors (Lipinski definition) is 0. The van der Waals surface area contributed by atoms with Crippen LogP contribution in [0.3, 0.4) is 0 Å². The first kappa shape index (κ1) is 31.4. The van der Waals surface area contributed by atoms with Gasteiger partial charge >= 0.3 is 5.97 Å². The zero-order valence-electron chi connectivity index (χ0n) is 25.2. The van der Waals surface area contributed by atoms with Crippen LogP contribution in [0.2, 0.25) is 0 Å². The van der Waals surface area contributed by atoms with Crippen LogP contribution in [0.25, 0.3) is 6.08 Å². The molecule has 1 atom stereocenters. The van der Waals surface area contributed by atoms with Crippen molar-refractivity contribution in [3.8, 4) is 11.5 Å². The Morgan fingerprint density at radius 1 is 1.07 bits per heavy atom. The second-order valence-electron chi connectivity index (χ2n) is 10.4. The Kier molecular flexibility index (Phi) is 9.89. The third kappa shape index (κ3) is 6.88. The number of nitrogens with zero attached hydrogens (tertiary/aromatic N) is 3. The number of unbranched alkanes of at least 4 members (excludes halogenated alkanes) is 2. The Bertz CT molecular complexity index is 1930. The molecule has 1 aliphatic rings. The van der Waals surface area contributed by atoms with Crippen molar-refractivity contribution in [1.82, 2.24) is 4.57 Å². The Balaban J connectivity index is 1.62. The van der Waals surface area contributed by atoms with Crippen molar-refractivity contribution in [3.63, 3.8) is 0 Å². The SMILES string of the molecule is CCCCCOc1ccc(C2C(C(=O)OCc3ccccc3)=C(C)N=c3sc(=Cc4ccccc4[N+](=O)[O-])c(=O)n32)cc1OC. The van der Waals surface area contributed by atoms with E-state index in [9.17, 15) is 19.7 Å². The van der Waals surface area contributed by atoms with Crippen LogP contribution < -0.4 is 24.4 Å². The molecule has 4 aromatic rings. The monoisotopic (exact) mass is 627 g/mol. The van der Waals surface area contributed by atoms with Crippen LogP contribution in [0.5, 0.6) is 11.5 Å². The minimum Gasteiger partial charge on any atom is -0.493 e. The van der Waals surface area contributed by atoms with Crippen LogP contribution in [0.15, 0.2) is 93.9 Å². The highest BCUT2D eigenvalue weighted by Crippen LogP contribution is 2.36. The minimum atomic E-state index is -0.902. The molecule has 0 spiro atoms. The number of nitro groups is 1. The van der Waals surface area contributed by atoms with Gasteiger partial charge < -0.3 is 14.2 Å². The summed E-state index contributed by atoms with van der Waals surface area (Å²) >= 11 is 1.10. The van der Waals surface area contributed by atoms with Crippen molar-refractivity contribution < 1.29 is 23.9 Å². The number of thiazole rings is 1. The predicted octanol–water partition coefficient (Wildman–Crippen LogP) is 5.46. The number of carbonyl (C=O) groups excluding carboxylic acids is 1. The number of fused-ring (bicyclic) bond motifs is 1. The van der Waals surface area contributed by atoms with Crippen molar-refractivity contribution in [2.75, 3.05) is 13.7 Å². The van der Waals surface area contributed by atoms with Crippen LogP contribution in [-0.4, -0.2) is 29.2 Å². The van der Waals surface area contributed by atoms with Crippen LogP contribution in [0.1, 0.15) is 55.8 Å². The molecule has 1 aromatic heterocycles. The van der Waals surface area contributed by atoms with Gasteiger partial charge in [-0.3, -0.25) is 19.5 Å². The molecule has 1 unspecified atom stereocenters. The first-order chi connectivity index (χ1) is 21.8. The molecule has 3 aromatic carbocycles. The number of methoxy groups -OCH3 is 1. The zero-order valence-corrected chi connectivity index (χ0v) is 26.0. The van der Waals surface area contributed by atoms with Crippen LogP contribution in [0, 0.1) is 10.1 Å². The number of benzene rings is 3. The van der Waals surface area contributed by atoms with Crippen molar-refractivity contribution in [2.24, 2.45) is 4.99 Å². The molecule has 232 valence electrons. The molecular weight excluding hydrogens is 594 g/mol. The largest absolute Gasteiger partial charge is 0.493 e. The highest BCUT2D eigenvalue weighted by atomic mass is 32.1. The molecule has 2 heterocycles. The molecule has 11 heteroatoms. The predicted molar refractivity (Wildman–Crippen MR) is 171 cm³/mol. The van der Waals surface area contributed by atoms with E-state index in [1.165, 1.54) is 23.8 Å². The fourth-order valence-electron chi connectivity index (χ4n) is 5.12. The standard InChI is InChI=1S/C34H33N3O7S/c1-4-5-11-18-43-27-17-16-25(19-28(27)42-3)31-30(33(39)44-21-23-12-7-6-8-13-23)22(2)35-34-36(31)32(38)29(45-34)20-24-14-9-10-15-26(24)37(40)41/h6-10,12-17,19-20,31H,4-5,11,18,21H2,1-3H3. The molecule has 10 nitrogen and oxygen atoms in total. The number of ether oxygens (including phenoxy) is 3. The Hall–Kier alpha value is -5.03. The second-order valence-corrected chi connectivity index (χ2v) is 11.4. The van der Waals surface area contributed by atoms with Crippen LogP contribution in [0.4, 0.5) is 5.69 Å². The number of hydrogen-bond acceptors (Lipinski definition) is 9. The molecule has 45 heavy (non-hydrogen) atoms. The van der Waals surface area contributed by atoms with Crippen LogP contribution >= 0.6 is 11.3 Å². The van der Waals surface area contributed by atoms with Gasteiger partial charge in [0.1, 0.15) is 6.61 Å².